The van der Waals surface area contributed by atoms with Crippen LogP contribution in [0, 0.1) is 0 Å². The molecule has 12 N–H and O–H groups in total. The number of hydrogen-bond acceptors (Lipinski definition) is 12. The van der Waals surface area contributed by atoms with Crippen molar-refractivity contribution in [2.24, 2.45) is 0 Å². The molecule has 66 heavy (non-hydrogen) atoms. The molecule has 0 spiro atoms. The van der Waals surface area contributed by atoms with Crippen LogP contribution in [0.2, 0.25) is 0 Å². The summed E-state index contributed by atoms with van der Waals surface area (Å²) >= 11 is 0. The maximum absolute atomic E-state index is 11.2. The van der Waals surface area contributed by atoms with Crippen LogP contribution in [-0.2, 0) is 19.3 Å². The molecule has 0 aromatic heterocycles. The van der Waals surface area contributed by atoms with Gasteiger partial charge in [0.05, 0.1) is 0 Å². The van der Waals surface area contributed by atoms with E-state index in [1.165, 1.54) is 36.4 Å². The van der Waals surface area contributed by atoms with Gasteiger partial charge in [-0.25, -0.2) is 0 Å². The van der Waals surface area contributed by atoms with Crippen LogP contribution in [0.25, 0.3) is 0 Å². The summed E-state index contributed by atoms with van der Waals surface area (Å²) in [7, 11) is 0. The van der Waals surface area contributed by atoms with Crippen LogP contribution in [0.1, 0.15) is 160 Å². The van der Waals surface area contributed by atoms with Crippen molar-refractivity contribution in [2.45, 2.75) is 113 Å². The lowest BCUT2D eigenvalue weighted by Crippen LogP contribution is -2.02. The van der Waals surface area contributed by atoms with Crippen molar-refractivity contribution in [3.05, 3.63) is 140 Å². The first-order valence-corrected chi connectivity index (χ1v) is 22.9. The molecule has 18 bridgehead atoms. The topological polar surface area (TPSA) is 243 Å². The van der Waals surface area contributed by atoms with Crippen molar-refractivity contribution in [3.8, 4) is 69.0 Å². The molecule has 12 heteroatoms. The Labute approximate surface area is 381 Å². The van der Waals surface area contributed by atoms with E-state index in [4.69, 9.17) is 0 Å². The van der Waals surface area contributed by atoms with Crippen LogP contribution in [0.4, 0.5) is 0 Å². The second kappa shape index (κ2) is 16.4. The molecule has 0 radical (unpaired) electrons. The fraction of sp³-hybridized carbons (Fsp3) is 0.333. The number of phenols is 12. The summed E-state index contributed by atoms with van der Waals surface area (Å²) in [6.07, 6.45) is 5.82. The van der Waals surface area contributed by atoms with Gasteiger partial charge < -0.3 is 61.3 Å². The van der Waals surface area contributed by atoms with Gasteiger partial charge in [0, 0.05) is 55.7 Å². The zero-order chi connectivity index (χ0) is 46.3. The van der Waals surface area contributed by atoms with Crippen LogP contribution in [0.3, 0.4) is 0 Å². The summed E-state index contributed by atoms with van der Waals surface area (Å²) in [6.45, 7) is 0. The van der Waals surface area contributed by atoms with E-state index in [1.54, 1.807) is 36.4 Å². The maximum Gasteiger partial charge on any atom is 0.122 e. The van der Waals surface area contributed by atoms with E-state index < -0.39 is 0 Å². The standard InChI is InChI=1S/C54H54O12/c55-43-19-49(61)37-13-31(43)10-33-15-39(51(63)21-45(33)57)27-3-4-29(8-27)41-17-35(47(59)23-53(41)65)12-36-18-42(54(66)24-48(36)60)30-6-5-28(9-30)40-16-34(46(58)22-52(40)64)11-32-14-38(50(62)20-44(32)56)26-2-1-25(37)7-26/h13-30,55-66H,1-12H2. The monoisotopic (exact) mass is 894 g/mol. The van der Waals surface area contributed by atoms with E-state index >= 15 is 0 Å². The molecule has 4 aliphatic rings. The van der Waals surface area contributed by atoms with Crippen LogP contribution in [-0.4, -0.2) is 61.3 Å². The van der Waals surface area contributed by atoms with Crippen molar-refractivity contribution in [3.63, 3.8) is 0 Å². The summed E-state index contributed by atoms with van der Waals surface area (Å²) in [5.41, 5.74) is 6.46. The first kappa shape index (κ1) is 42.8. The van der Waals surface area contributed by atoms with Crippen LogP contribution >= 0.6 is 0 Å². The first-order valence-electron chi connectivity index (χ1n) is 22.9. The molecule has 12 nitrogen and oxygen atoms in total. The highest BCUT2D eigenvalue weighted by atomic mass is 16.3. The van der Waals surface area contributed by atoms with Gasteiger partial charge in [0.25, 0.3) is 0 Å². The minimum Gasteiger partial charge on any atom is -0.508 e. The average molecular weight is 895 g/mol. The molecule has 6 unspecified atom stereocenters. The molecule has 0 aliphatic heterocycles. The molecular formula is C54H54O12. The van der Waals surface area contributed by atoms with Crippen molar-refractivity contribution in [2.75, 3.05) is 0 Å². The Hall–Kier alpha value is -7.08. The van der Waals surface area contributed by atoms with Gasteiger partial charge in [-0.1, -0.05) is 0 Å². The smallest absolute Gasteiger partial charge is 0.122 e. The van der Waals surface area contributed by atoms with Crippen molar-refractivity contribution < 1.29 is 61.3 Å². The Morgan fingerprint density at radius 3 is 0.515 bits per heavy atom. The lowest BCUT2D eigenvalue weighted by molar-refractivity contribution is 0.433. The fourth-order valence-electron chi connectivity index (χ4n) is 11.9. The van der Waals surface area contributed by atoms with Gasteiger partial charge in [-0.15, -0.1) is 0 Å². The largest absolute Gasteiger partial charge is 0.508 e. The lowest BCUT2D eigenvalue weighted by atomic mass is 9.87. The van der Waals surface area contributed by atoms with Gasteiger partial charge >= 0.3 is 0 Å². The zero-order valence-electron chi connectivity index (χ0n) is 36.2. The zero-order valence-corrected chi connectivity index (χ0v) is 36.2. The maximum atomic E-state index is 11.2. The average Bonchev–Trinajstić information content (AvgIpc) is 4.06. The molecule has 10 rings (SSSR count). The summed E-state index contributed by atoms with van der Waals surface area (Å²) in [4.78, 5) is 0. The lowest BCUT2D eigenvalue weighted by Gasteiger charge is -2.20. The highest BCUT2D eigenvalue weighted by Crippen LogP contribution is 2.54. The minimum atomic E-state index is -0.156. The van der Waals surface area contributed by atoms with Crippen molar-refractivity contribution in [1.82, 2.24) is 0 Å². The Morgan fingerprint density at radius 1 is 0.212 bits per heavy atom. The number of aromatic hydroxyl groups is 12. The molecule has 3 fully saturated rings. The van der Waals surface area contributed by atoms with Gasteiger partial charge in [-0.05, 0) is 196 Å². The van der Waals surface area contributed by atoms with E-state index in [2.05, 4.69) is 0 Å². The SMILES string of the molecule is Oc1cc(O)c2cc1Cc1cc(c(O)cc1O)C1CCC(C1)c1cc(c(O)cc1O)Cc1cc(c(O)cc1O)C1CCC(C1)c1cc(c(O)cc1O)Cc1cc(c(O)cc1O)C1CCC2C1. The number of phenolic OH excluding ortho intramolecular Hbond substituents is 12. The fourth-order valence-corrected chi connectivity index (χ4v) is 11.9. The predicted molar refractivity (Wildman–Crippen MR) is 245 cm³/mol. The highest BCUT2D eigenvalue weighted by molar-refractivity contribution is 5.57. The Bertz CT molecular complexity index is 2420. The van der Waals surface area contributed by atoms with E-state index in [1.807, 2.05) is 0 Å². The van der Waals surface area contributed by atoms with Gasteiger partial charge in [0.2, 0.25) is 0 Å². The third-order valence-corrected chi connectivity index (χ3v) is 15.4. The Kier molecular flexibility index (Phi) is 10.7. The number of hydrogen-bond donors (Lipinski definition) is 12. The molecule has 4 aliphatic carbocycles. The molecule has 0 heterocycles. The third-order valence-electron chi connectivity index (χ3n) is 15.4. The van der Waals surface area contributed by atoms with E-state index in [-0.39, 0.29) is 124 Å². The molecule has 3 saturated carbocycles. The summed E-state index contributed by atoms with van der Waals surface area (Å²) in [6, 6.07) is 18.3. The van der Waals surface area contributed by atoms with Gasteiger partial charge in [-0.2, -0.15) is 0 Å². The second-order valence-corrected chi connectivity index (χ2v) is 19.4. The molecular weight excluding hydrogens is 841 g/mol. The molecule has 6 aromatic carbocycles. The highest BCUT2D eigenvalue weighted by Gasteiger charge is 2.35. The van der Waals surface area contributed by atoms with Crippen molar-refractivity contribution in [1.29, 1.82) is 0 Å². The Morgan fingerprint density at radius 2 is 0.364 bits per heavy atom. The van der Waals surface area contributed by atoms with Crippen LogP contribution in [0.5, 0.6) is 69.0 Å². The van der Waals surface area contributed by atoms with E-state index in [0.29, 0.717) is 125 Å². The number of benzene rings is 6. The molecule has 342 valence electrons. The second-order valence-electron chi connectivity index (χ2n) is 19.4. The molecule has 6 atom stereocenters. The molecule has 0 amide bonds. The number of fused-ring (bicyclic) bond motifs is 24. The van der Waals surface area contributed by atoms with Crippen LogP contribution < -0.4 is 0 Å². The third kappa shape index (κ3) is 7.71. The van der Waals surface area contributed by atoms with Gasteiger partial charge in [0.15, 0.2) is 0 Å². The van der Waals surface area contributed by atoms with E-state index in [9.17, 15) is 61.3 Å². The normalized spacial score (nSPS) is 22.5. The minimum absolute atomic E-state index is 0.0781. The molecule has 6 aromatic rings. The van der Waals surface area contributed by atoms with E-state index in [0.717, 1.165) is 0 Å². The van der Waals surface area contributed by atoms with Crippen LogP contribution in [0.15, 0.2) is 72.8 Å². The van der Waals surface area contributed by atoms with Gasteiger partial charge in [-0.3, -0.25) is 0 Å². The number of rotatable bonds is 0. The quantitative estimate of drug-likeness (QED) is 0.0682. The summed E-state index contributed by atoms with van der Waals surface area (Å²) in [5, 5.41) is 134. The Balaban J connectivity index is 1.05. The van der Waals surface area contributed by atoms with Crippen molar-refractivity contribution >= 4 is 0 Å². The summed E-state index contributed by atoms with van der Waals surface area (Å²) < 4.78 is 0. The molecule has 0 saturated heterocycles. The van der Waals surface area contributed by atoms with Gasteiger partial charge in [0.1, 0.15) is 69.0 Å². The predicted octanol–water partition coefficient (Wildman–Crippen LogP) is 10.4. The first-order chi connectivity index (χ1) is 31.6. The summed E-state index contributed by atoms with van der Waals surface area (Å²) in [5.74, 6) is -2.34.